The van der Waals surface area contributed by atoms with Gasteiger partial charge in [-0.2, -0.15) is 0 Å². The van der Waals surface area contributed by atoms with Crippen LogP contribution < -0.4 is 16.8 Å². The van der Waals surface area contributed by atoms with Crippen molar-refractivity contribution in [1.29, 1.82) is 0 Å². The van der Waals surface area contributed by atoms with Crippen LogP contribution in [0.3, 0.4) is 0 Å². The van der Waals surface area contributed by atoms with E-state index < -0.39 is 0 Å². The molecule has 6 heteroatoms. The maximum Gasteiger partial charge on any atom is 0.270 e. The number of morpholine rings is 1. The third-order valence-corrected chi connectivity index (χ3v) is 6.24. The molecule has 0 unspecified atom stereocenters. The summed E-state index contributed by atoms with van der Waals surface area (Å²) in [7, 11) is 0. The van der Waals surface area contributed by atoms with Crippen molar-refractivity contribution in [3.63, 3.8) is 0 Å². The largest absolute Gasteiger partial charge is 0.394 e. The zero-order valence-corrected chi connectivity index (χ0v) is 16.5. The number of carbonyl (C=O) groups excluding carboxylic acids is 1. The third-order valence-electron chi connectivity index (χ3n) is 6.24. The van der Waals surface area contributed by atoms with Gasteiger partial charge in [-0.25, -0.2) is 0 Å². The number of hydrogen-bond donors (Lipinski definition) is 3. The van der Waals surface area contributed by atoms with Crippen LogP contribution in [-0.4, -0.2) is 37.1 Å². The Morgan fingerprint density at radius 2 is 1.71 bits per heavy atom. The summed E-state index contributed by atoms with van der Waals surface area (Å²) < 4.78 is 5.37. The zero-order valence-electron chi connectivity index (χ0n) is 16.5. The first-order valence-electron chi connectivity index (χ1n) is 10.2. The predicted molar refractivity (Wildman–Crippen MR) is 110 cm³/mol. The molecule has 5 rings (SSSR count). The van der Waals surface area contributed by atoms with Crippen LogP contribution in [-0.2, 0) is 9.53 Å². The number of anilines is 1. The molecule has 0 atom stereocenters. The molecule has 1 saturated heterocycles. The molecule has 3 aliphatic carbocycles. The Morgan fingerprint density at radius 1 is 1.07 bits per heavy atom. The lowest BCUT2D eigenvalue weighted by molar-refractivity contribution is -0.131. The molecule has 150 valence electrons. The van der Waals surface area contributed by atoms with Crippen molar-refractivity contribution in [2.45, 2.75) is 32.6 Å². The molecule has 1 aliphatic heterocycles. The number of nitrogens with zero attached hydrogens (tertiary/aromatic N) is 1. The van der Waals surface area contributed by atoms with Crippen LogP contribution in [0.15, 0.2) is 46.9 Å². The number of rotatable bonds is 3. The quantitative estimate of drug-likeness (QED) is 0.698. The molecule has 2 bridgehead atoms. The van der Waals surface area contributed by atoms with Gasteiger partial charge in [0, 0.05) is 24.4 Å². The number of hydrogen-bond acceptors (Lipinski definition) is 5. The van der Waals surface area contributed by atoms with Crippen molar-refractivity contribution in [2.75, 3.05) is 31.6 Å². The van der Waals surface area contributed by atoms with Gasteiger partial charge in [0.2, 0.25) is 0 Å². The molecule has 0 aromatic heterocycles. The third kappa shape index (κ3) is 3.61. The number of carbonyl (C=O) groups is 1. The van der Waals surface area contributed by atoms with Crippen LogP contribution in [0.5, 0.6) is 0 Å². The van der Waals surface area contributed by atoms with Crippen LogP contribution >= 0.6 is 0 Å². The molecule has 0 spiro atoms. The fraction of sp³-hybridized carbons (Fsp3) is 0.500. The Balaban J connectivity index is 1.69. The van der Waals surface area contributed by atoms with Gasteiger partial charge in [0.25, 0.3) is 5.91 Å². The molecule has 6 nitrogen and oxygen atoms in total. The SMILES string of the molecule is Cc1cccc(N/C(N)=C2/C(=C(\N)C(=O)N3CCOCC3)C3CCC2CC3)c1. The molecule has 4 aliphatic rings. The molecule has 28 heavy (non-hydrogen) atoms. The van der Waals surface area contributed by atoms with Gasteiger partial charge in [0.1, 0.15) is 11.5 Å². The van der Waals surface area contributed by atoms with Gasteiger partial charge in [-0.15, -0.1) is 0 Å². The lowest BCUT2D eigenvalue weighted by Gasteiger charge is -2.42. The van der Waals surface area contributed by atoms with Gasteiger partial charge < -0.3 is 26.4 Å². The van der Waals surface area contributed by atoms with Gasteiger partial charge in [-0.05, 0) is 67.7 Å². The Hall–Kier alpha value is -2.47. The molecular formula is C22H30N4O2. The summed E-state index contributed by atoms with van der Waals surface area (Å²) in [5, 5.41) is 3.36. The molecule has 3 saturated carbocycles. The van der Waals surface area contributed by atoms with E-state index in [1.165, 1.54) is 5.56 Å². The van der Waals surface area contributed by atoms with Crippen LogP contribution in [0.1, 0.15) is 31.2 Å². The van der Waals surface area contributed by atoms with E-state index in [-0.39, 0.29) is 5.91 Å². The lowest BCUT2D eigenvalue weighted by atomic mass is 9.64. The average molecular weight is 383 g/mol. The highest BCUT2D eigenvalue weighted by Crippen LogP contribution is 2.49. The standard InChI is InChI=1S/C22H30N4O2/c1-14-3-2-4-17(13-14)25-21(24)19-16-7-5-15(6-8-16)18(19)20(23)22(27)26-9-11-28-12-10-26/h2-4,13,15-16,25H,5-12,23-24H2,1H3/b20-18-,21-19+. The number of allylic oxidation sites excluding steroid dienone is 2. The van der Waals surface area contributed by atoms with Gasteiger partial charge >= 0.3 is 0 Å². The van der Waals surface area contributed by atoms with Gasteiger partial charge in [0.05, 0.1) is 13.2 Å². The van der Waals surface area contributed by atoms with Crippen molar-refractivity contribution in [3.05, 3.63) is 52.5 Å². The first-order chi connectivity index (χ1) is 13.5. The second-order valence-electron chi connectivity index (χ2n) is 8.10. The summed E-state index contributed by atoms with van der Waals surface area (Å²) in [4.78, 5) is 14.8. The van der Waals surface area contributed by atoms with Crippen LogP contribution in [0.2, 0.25) is 0 Å². The minimum atomic E-state index is -0.0771. The number of ether oxygens (including phenoxy) is 1. The highest BCUT2D eigenvalue weighted by Gasteiger charge is 2.40. The fourth-order valence-electron chi connectivity index (χ4n) is 4.84. The van der Waals surface area contributed by atoms with E-state index in [0.29, 0.717) is 49.7 Å². The fourth-order valence-corrected chi connectivity index (χ4v) is 4.84. The lowest BCUT2D eigenvalue weighted by Crippen LogP contribution is -2.44. The molecule has 1 amide bonds. The molecule has 5 N–H and O–H groups in total. The normalized spacial score (nSPS) is 28.1. The number of amides is 1. The second-order valence-corrected chi connectivity index (χ2v) is 8.10. The van der Waals surface area contributed by atoms with E-state index in [9.17, 15) is 4.79 Å². The van der Waals surface area contributed by atoms with Crippen molar-refractivity contribution in [1.82, 2.24) is 4.90 Å². The minimum absolute atomic E-state index is 0.0771. The summed E-state index contributed by atoms with van der Waals surface area (Å²) in [5.41, 5.74) is 17.6. The van der Waals surface area contributed by atoms with E-state index in [1.807, 2.05) is 12.1 Å². The topological polar surface area (TPSA) is 93.6 Å². The first-order valence-corrected chi connectivity index (χ1v) is 10.2. The monoisotopic (exact) mass is 382 g/mol. The van der Waals surface area contributed by atoms with E-state index in [1.54, 1.807) is 4.90 Å². The highest BCUT2D eigenvalue weighted by molar-refractivity contribution is 5.94. The van der Waals surface area contributed by atoms with E-state index in [0.717, 1.165) is 42.5 Å². The summed E-state index contributed by atoms with van der Waals surface area (Å²) in [6.45, 7) is 4.38. The molecule has 4 fully saturated rings. The maximum atomic E-state index is 13.0. The number of aryl methyl sites for hydroxylation is 1. The molecular weight excluding hydrogens is 352 g/mol. The van der Waals surface area contributed by atoms with E-state index >= 15 is 0 Å². The number of nitrogens with one attached hydrogen (secondary N) is 1. The average Bonchev–Trinajstić information content (AvgIpc) is 2.73. The van der Waals surface area contributed by atoms with Gasteiger partial charge in [-0.3, -0.25) is 4.79 Å². The zero-order chi connectivity index (χ0) is 19.7. The Labute approximate surface area is 166 Å². The van der Waals surface area contributed by atoms with E-state index in [4.69, 9.17) is 16.2 Å². The summed E-state index contributed by atoms with van der Waals surface area (Å²) >= 11 is 0. The Bertz CT molecular complexity index is 816. The smallest absolute Gasteiger partial charge is 0.270 e. The van der Waals surface area contributed by atoms with Crippen LogP contribution in [0.25, 0.3) is 0 Å². The van der Waals surface area contributed by atoms with E-state index in [2.05, 4.69) is 24.4 Å². The second kappa shape index (κ2) is 7.87. The first kappa shape index (κ1) is 18.9. The van der Waals surface area contributed by atoms with Crippen LogP contribution in [0.4, 0.5) is 5.69 Å². The van der Waals surface area contributed by atoms with Crippen LogP contribution in [0, 0.1) is 18.8 Å². The minimum Gasteiger partial charge on any atom is -0.394 e. The predicted octanol–water partition coefficient (Wildman–Crippen LogP) is 2.47. The summed E-state index contributed by atoms with van der Waals surface area (Å²) in [6, 6.07) is 8.14. The number of nitrogens with two attached hydrogens (primary N) is 2. The van der Waals surface area contributed by atoms with Gasteiger partial charge in [-0.1, -0.05) is 12.1 Å². The maximum absolute atomic E-state index is 13.0. The molecule has 1 aromatic rings. The summed E-state index contributed by atoms with van der Waals surface area (Å²) in [6.07, 6.45) is 4.38. The Morgan fingerprint density at radius 3 is 2.36 bits per heavy atom. The highest BCUT2D eigenvalue weighted by atomic mass is 16.5. The van der Waals surface area contributed by atoms with Crippen molar-refractivity contribution in [3.8, 4) is 0 Å². The molecule has 0 radical (unpaired) electrons. The summed E-state index contributed by atoms with van der Waals surface area (Å²) in [5.74, 6) is 1.25. The number of benzene rings is 1. The van der Waals surface area contributed by atoms with Crippen molar-refractivity contribution >= 4 is 11.6 Å². The molecule has 1 aromatic carbocycles. The van der Waals surface area contributed by atoms with Gasteiger partial charge in [0.15, 0.2) is 0 Å². The Kier molecular flexibility index (Phi) is 5.31. The van der Waals surface area contributed by atoms with Crippen molar-refractivity contribution < 1.29 is 9.53 Å². The van der Waals surface area contributed by atoms with Crippen molar-refractivity contribution in [2.24, 2.45) is 23.3 Å². The number of fused-ring (bicyclic) bond motifs is 3. The molecule has 1 heterocycles.